The van der Waals surface area contributed by atoms with Crippen LogP contribution in [0.15, 0.2) is 24.3 Å². The Morgan fingerprint density at radius 3 is 2.06 bits per heavy atom. The van der Waals surface area contributed by atoms with E-state index < -0.39 is 0 Å². The van der Waals surface area contributed by atoms with Crippen LogP contribution in [0.5, 0.6) is 11.6 Å². The van der Waals surface area contributed by atoms with Gasteiger partial charge in [-0.2, -0.15) is 0 Å². The topological polar surface area (TPSA) is 31.4 Å². The van der Waals surface area contributed by atoms with E-state index >= 15 is 4.39 Å². The minimum atomic E-state index is -0.202. The zero-order valence-electron chi connectivity index (χ0n) is 20.1. The van der Waals surface area contributed by atoms with Crippen molar-refractivity contribution in [1.82, 2.24) is 4.98 Å². The molecule has 4 heteroatoms. The third-order valence-corrected chi connectivity index (χ3v) is 6.31. The lowest BCUT2D eigenvalue weighted by atomic mass is 9.88. The molecule has 0 bridgehead atoms. The van der Waals surface area contributed by atoms with Crippen LogP contribution in [-0.2, 0) is 12.8 Å². The third-order valence-electron chi connectivity index (χ3n) is 6.31. The highest BCUT2D eigenvalue weighted by Gasteiger charge is 2.23. The zero-order valence-corrected chi connectivity index (χ0v) is 20.1. The molecule has 0 saturated carbocycles. The first kappa shape index (κ1) is 24.5. The number of aromatic nitrogens is 1. The zero-order chi connectivity index (χ0) is 22.6. The van der Waals surface area contributed by atoms with Gasteiger partial charge in [0.15, 0.2) is 11.6 Å². The molecular formula is C28H40FNO2. The molecular weight excluding hydrogens is 401 g/mol. The van der Waals surface area contributed by atoms with Gasteiger partial charge in [0.1, 0.15) is 0 Å². The summed E-state index contributed by atoms with van der Waals surface area (Å²) in [7, 11) is 0. The summed E-state index contributed by atoms with van der Waals surface area (Å²) >= 11 is 0. The fourth-order valence-electron chi connectivity index (χ4n) is 4.40. The van der Waals surface area contributed by atoms with Crippen molar-refractivity contribution in [3.05, 3.63) is 41.3 Å². The van der Waals surface area contributed by atoms with E-state index in [1.807, 2.05) is 18.2 Å². The van der Waals surface area contributed by atoms with Crippen LogP contribution >= 0.6 is 0 Å². The SMILES string of the molecule is CCCCCCCCOc1ccc2c(c1F)CCc1nc(OCCCCCCC)ccc1-2. The summed E-state index contributed by atoms with van der Waals surface area (Å²) in [6.45, 7) is 5.74. The number of ether oxygens (including phenoxy) is 2. The Hall–Kier alpha value is -2.10. The fourth-order valence-corrected chi connectivity index (χ4v) is 4.40. The van der Waals surface area contributed by atoms with E-state index in [0.29, 0.717) is 31.3 Å². The lowest BCUT2D eigenvalue weighted by Gasteiger charge is -2.21. The maximum atomic E-state index is 15.1. The van der Waals surface area contributed by atoms with E-state index in [1.54, 1.807) is 6.07 Å². The smallest absolute Gasteiger partial charge is 0.213 e. The maximum Gasteiger partial charge on any atom is 0.213 e. The Labute approximate surface area is 193 Å². The van der Waals surface area contributed by atoms with E-state index in [4.69, 9.17) is 14.5 Å². The second kappa shape index (κ2) is 13.4. The molecule has 0 atom stereocenters. The number of hydrogen-bond donors (Lipinski definition) is 0. The van der Waals surface area contributed by atoms with Gasteiger partial charge in [-0.05, 0) is 48.9 Å². The number of benzene rings is 1. The van der Waals surface area contributed by atoms with Gasteiger partial charge in [0.2, 0.25) is 5.88 Å². The Balaban J connectivity index is 1.54. The molecule has 1 aliphatic rings. The fraction of sp³-hybridized carbons (Fsp3) is 0.607. The molecule has 0 spiro atoms. The van der Waals surface area contributed by atoms with E-state index in [2.05, 4.69) is 13.8 Å². The first-order valence-electron chi connectivity index (χ1n) is 12.8. The van der Waals surface area contributed by atoms with Crippen LogP contribution in [-0.4, -0.2) is 18.2 Å². The Bertz CT molecular complexity index is 836. The van der Waals surface area contributed by atoms with Crippen LogP contribution in [0.3, 0.4) is 0 Å². The summed E-state index contributed by atoms with van der Waals surface area (Å²) in [5, 5.41) is 0. The van der Waals surface area contributed by atoms with Crippen molar-refractivity contribution in [3.63, 3.8) is 0 Å². The molecule has 0 N–H and O–H groups in total. The first-order valence-corrected chi connectivity index (χ1v) is 12.8. The molecule has 176 valence electrons. The number of fused-ring (bicyclic) bond motifs is 3. The molecule has 1 heterocycles. The normalized spacial score (nSPS) is 12.3. The predicted octanol–water partition coefficient (Wildman–Crippen LogP) is 8.07. The van der Waals surface area contributed by atoms with Crippen molar-refractivity contribution in [2.24, 2.45) is 0 Å². The van der Waals surface area contributed by atoms with Crippen molar-refractivity contribution in [2.45, 2.75) is 97.3 Å². The quantitative estimate of drug-likeness (QED) is 0.262. The molecule has 32 heavy (non-hydrogen) atoms. The molecule has 0 fully saturated rings. The third kappa shape index (κ3) is 6.95. The van der Waals surface area contributed by atoms with Crippen molar-refractivity contribution in [1.29, 1.82) is 0 Å². The van der Waals surface area contributed by atoms with E-state index in [-0.39, 0.29) is 5.82 Å². The maximum absolute atomic E-state index is 15.1. The molecule has 0 saturated heterocycles. The highest BCUT2D eigenvalue weighted by atomic mass is 19.1. The summed E-state index contributed by atoms with van der Waals surface area (Å²) in [6.07, 6.45) is 14.6. The van der Waals surface area contributed by atoms with Gasteiger partial charge < -0.3 is 9.47 Å². The molecule has 1 aromatic heterocycles. The molecule has 3 nitrogen and oxygen atoms in total. The number of nitrogens with zero attached hydrogens (tertiary/aromatic N) is 1. The number of unbranched alkanes of at least 4 members (excludes halogenated alkanes) is 9. The minimum Gasteiger partial charge on any atom is -0.491 e. The van der Waals surface area contributed by atoms with E-state index in [9.17, 15) is 0 Å². The van der Waals surface area contributed by atoms with E-state index in [1.165, 1.54) is 51.4 Å². The summed E-state index contributed by atoms with van der Waals surface area (Å²) in [5.74, 6) is 0.866. The van der Waals surface area contributed by atoms with E-state index in [0.717, 1.165) is 48.1 Å². The highest BCUT2D eigenvalue weighted by Crippen LogP contribution is 2.38. The largest absolute Gasteiger partial charge is 0.491 e. The van der Waals surface area contributed by atoms with Crippen LogP contribution in [0, 0.1) is 5.82 Å². The minimum absolute atomic E-state index is 0.202. The summed E-state index contributed by atoms with van der Waals surface area (Å²) < 4.78 is 26.8. The van der Waals surface area contributed by atoms with Crippen molar-refractivity contribution in [2.75, 3.05) is 13.2 Å². The summed E-state index contributed by atoms with van der Waals surface area (Å²) in [5.41, 5.74) is 3.71. The lowest BCUT2D eigenvalue weighted by Crippen LogP contribution is -2.11. The predicted molar refractivity (Wildman–Crippen MR) is 130 cm³/mol. The molecule has 0 radical (unpaired) electrons. The molecule has 1 aromatic carbocycles. The van der Waals surface area contributed by atoms with Crippen molar-refractivity contribution in [3.8, 4) is 22.8 Å². The van der Waals surface area contributed by atoms with Gasteiger partial charge in [-0.15, -0.1) is 0 Å². The van der Waals surface area contributed by atoms with Crippen LogP contribution in [0.1, 0.15) is 95.7 Å². The van der Waals surface area contributed by atoms with Gasteiger partial charge in [-0.25, -0.2) is 9.37 Å². The first-order chi connectivity index (χ1) is 15.7. The number of halogens is 1. The van der Waals surface area contributed by atoms with Gasteiger partial charge in [0.05, 0.1) is 18.9 Å². The number of aryl methyl sites for hydroxylation is 1. The average molecular weight is 442 g/mol. The monoisotopic (exact) mass is 441 g/mol. The van der Waals surface area contributed by atoms with Gasteiger partial charge >= 0.3 is 0 Å². The molecule has 0 unspecified atom stereocenters. The summed E-state index contributed by atoms with van der Waals surface area (Å²) in [6, 6.07) is 7.72. The Morgan fingerprint density at radius 1 is 0.719 bits per heavy atom. The van der Waals surface area contributed by atoms with Gasteiger partial charge in [-0.3, -0.25) is 0 Å². The van der Waals surface area contributed by atoms with Crippen LogP contribution in [0.2, 0.25) is 0 Å². The second-order valence-electron chi connectivity index (χ2n) is 8.93. The molecule has 3 rings (SSSR count). The molecule has 2 aromatic rings. The average Bonchev–Trinajstić information content (AvgIpc) is 2.81. The Morgan fingerprint density at radius 2 is 1.34 bits per heavy atom. The standard InChI is InChI=1S/C28H40FNO2/c1-3-5-7-9-11-12-20-31-26-18-15-22-23-16-19-27(32-21-13-10-8-6-4-2)30-25(23)17-14-24(22)28(26)29/h15-16,18-19H,3-14,17,20-21H2,1-2H3. The highest BCUT2D eigenvalue weighted by molar-refractivity contribution is 5.73. The van der Waals surface area contributed by atoms with Crippen LogP contribution < -0.4 is 9.47 Å². The molecule has 1 aliphatic carbocycles. The van der Waals surface area contributed by atoms with Gasteiger partial charge in [0, 0.05) is 11.6 Å². The summed E-state index contributed by atoms with van der Waals surface area (Å²) in [4.78, 5) is 4.71. The van der Waals surface area contributed by atoms with Gasteiger partial charge in [0.25, 0.3) is 0 Å². The number of rotatable bonds is 15. The van der Waals surface area contributed by atoms with Crippen molar-refractivity contribution < 1.29 is 13.9 Å². The van der Waals surface area contributed by atoms with Gasteiger partial charge in [-0.1, -0.05) is 77.7 Å². The Kier molecular flexibility index (Phi) is 10.3. The second-order valence-corrected chi connectivity index (χ2v) is 8.93. The van der Waals surface area contributed by atoms with Crippen molar-refractivity contribution >= 4 is 0 Å². The number of pyridine rings is 1. The van der Waals surface area contributed by atoms with Crippen LogP contribution in [0.25, 0.3) is 11.1 Å². The molecule has 0 amide bonds. The van der Waals surface area contributed by atoms with Crippen LogP contribution in [0.4, 0.5) is 4.39 Å². The molecule has 0 aliphatic heterocycles. The lowest BCUT2D eigenvalue weighted by molar-refractivity contribution is 0.288. The number of hydrogen-bond acceptors (Lipinski definition) is 3.